The van der Waals surface area contributed by atoms with Crippen LogP contribution in [0, 0.1) is 11.8 Å². The highest BCUT2D eigenvalue weighted by Gasteiger charge is 2.32. The van der Waals surface area contributed by atoms with Crippen molar-refractivity contribution in [2.75, 3.05) is 52.6 Å². The van der Waals surface area contributed by atoms with Gasteiger partial charge < -0.3 is 20.1 Å². The number of nitrogens with one attached hydrogen (secondary N) is 2. The van der Waals surface area contributed by atoms with Crippen molar-refractivity contribution >= 4 is 11.8 Å². The van der Waals surface area contributed by atoms with E-state index in [0.717, 1.165) is 45.9 Å². The molecule has 0 unspecified atom stereocenters. The maximum absolute atomic E-state index is 12.4. The van der Waals surface area contributed by atoms with E-state index in [1.165, 1.54) is 0 Å². The summed E-state index contributed by atoms with van der Waals surface area (Å²) in [5.74, 6) is 0.475. The van der Waals surface area contributed by atoms with Crippen LogP contribution in [0.1, 0.15) is 19.3 Å². The van der Waals surface area contributed by atoms with E-state index in [4.69, 9.17) is 9.47 Å². The van der Waals surface area contributed by atoms with E-state index in [2.05, 4.69) is 15.5 Å². The largest absolute Gasteiger partial charge is 0.381 e. The molecule has 7 heteroatoms. The van der Waals surface area contributed by atoms with Gasteiger partial charge in [0, 0.05) is 51.2 Å². The molecule has 0 aromatic carbocycles. The molecule has 3 aliphatic heterocycles. The molecule has 23 heavy (non-hydrogen) atoms. The quantitative estimate of drug-likeness (QED) is 0.703. The summed E-state index contributed by atoms with van der Waals surface area (Å²) in [5.41, 5.74) is 0. The molecule has 0 spiro atoms. The maximum Gasteiger partial charge on any atom is 0.224 e. The fourth-order valence-electron chi connectivity index (χ4n) is 3.67. The van der Waals surface area contributed by atoms with Crippen molar-refractivity contribution in [3.8, 4) is 0 Å². The Labute approximate surface area is 137 Å². The number of nitrogens with zero attached hydrogens (tertiary/aromatic N) is 1. The fraction of sp³-hybridized carbons (Fsp3) is 0.875. The first-order chi connectivity index (χ1) is 11.2. The number of ether oxygens (including phenoxy) is 2. The average molecular weight is 325 g/mol. The lowest BCUT2D eigenvalue weighted by molar-refractivity contribution is -0.129. The Kier molecular flexibility index (Phi) is 5.85. The van der Waals surface area contributed by atoms with Crippen molar-refractivity contribution in [2.24, 2.45) is 11.8 Å². The van der Waals surface area contributed by atoms with Crippen LogP contribution >= 0.6 is 0 Å². The topological polar surface area (TPSA) is 79.9 Å². The first-order valence-corrected chi connectivity index (χ1v) is 8.68. The van der Waals surface area contributed by atoms with Gasteiger partial charge in [-0.15, -0.1) is 0 Å². The first-order valence-electron chi connectivity index (χ1n) is 8.68. The number of hydrogen-bond donors (Lipinski definition) is 2. The minimum Gasteiger partial charge on any atom is -0.381 e. The smallest absolute Gasteiger partial charge is 0.224 e. The molecule has 3 rings (SSSR count). The van der Waals surface area contributed by atoms with Crippen LogP contribution < -0.4 is 10.6 Å². The van der Waals surface area contributed by atoms with Gasteiger partial charge in [-0.1, -0.05) is 0 Å². The predicted molar refractivity (Wildman–Crippen MR) is 83.8 cm³/mol. The number of amides is 2. The summed E-state index contributed by atoms with van der Waals surface area (Å²) in [7, 11) is 0. The second-order valence-corrected chi connectivity index (χ2v) is 6.62. The molecule has 3 heterocycles. The molecule has 7 nitrogen and oxygen atoms in total. The molecule has 0 bridgehead atoms. The zero-order valence-electron chi connectivity index (χ0n) is 13.6. The molecule has 2 N–H and O–H groups in total. The lowest BCUT2D eigenvalue weighted by atomic mass is 9.95. The highest BCUT2D eigenvalue weighted by Crippen LogP contribution is 2.22. The van der Waals surface area contributed by atoms with Crippen LogP contribution in [0.3, 0.4) is 0 Å². The Balaban J connectivity index is 1.52. The Hall–Kier alpha value is -1.18. The van der Waals surface area contributed by atoms with Gasteiger partial charge in [-0.05, 0) is 12.8 Å². The van der Waals surface area contributed by atoms with E-state index in [1.807, 2.05) is 0 Å². The Morgan fingerprint density at radius 1 is 1.26 bits per heavy atom. The summed E-state index contributed by atoms with van der Waals surface area (Å²) in [6.45, 7) is 6.04. The van der Waals surface area contributed by atoms with Gasteiger partial charge in [0.05, 0.1) is 25.7 Å². The summed E-state index contributed by atoms with van der Waals surface area (Å²) in [6, 6.07) is 0.309. The molecule has 3 saturated heterocycles. The van der Waals surface area contributed by atoms with E-state index < -0.39 is 0 Å². The third kappa shape index (κ3) is 4.43. The van der Waals surface area contributed by atoms with Crippen molar-refractivity contribution < 1.29 is 19.1 Å². The Morgan fingerprint density at radius 3 is 2.74 bits per heavy atom. The second-order valence-electron chi connectivity index (χ2n) is 6.62. The van der Waals surface area contributed by atoms with Crippen LogP contribution in [0.25, 0.3) is 0 Å². The van der Waals surface area contributed by atoms with Crippen molar-refractivity contribution in [2.45, 2.75) is 25.3 Å². The number of morpholine rings is 1. The third-order valence-corrected chi connectivity index (χ3v) is 5.15. The van der Waals surface area contributed by atoms with Gasteiger partial charge in [0.2, 0.25) is 11.8 Å². The monoisotopic (exact) mass is 325 g/mol. The zero-order valence-corrected chi connectivity index (χ0v) is 13.6. The number of hydrogen-bond acceptors (Lipinski definition) is 5. The molecule has 0 aromatic rings. The SMILES string of the molecule is O=C1CC[C@H](C(=O)NC[C@H]([C@H]2CCOC2)N2CCOCC2)CN1. The van der Waals surface area contributed by atoms with Gasteiger partial charge in [-0.3, -0.25) is 14.5 Å². The van der Waals surface area contributed by atoms with Crippen LogP contribution in [0.4, 0.5) is 0 Å². The summed E-state index contributed by atoms with van der Waals surface area (Å²) < 4.78 is 11.0. The van der Waals surface area contributed by atoms with E-state index in [1.54, 1.807) is 0 Å². The third-order valence-electron chi connectivity index (χ3n) is 5.15. The molecule has 130 valence electrons. The number of rotatable bonds is 5. The molecule has 2 amide bonds. The molecular formula is C16H27N3O4. The summed E-state index contributed by atoms with van der Waals surface area (Å²) >= 11 is 0. The van der Waals surface area contributed by atoms with E-state index in [-0.39, 0.29) is 17.7 Å². The van der Waals surface area contributed by atoms with Crippen molar-refractivity contribution in [1.82, 2.24) is 15.5 Å². The van der Waals surface area contributed by atoms with Crippen molar-refractivity contribution in [3.63, 3.8) is 0 Å². The lowest BCUT2D eigenvalue weighted by Crippen LogP contribution is -2.53. The molecule has 3 atom stereocenters. The number of carbonyl (C=O) groups excluding carboxylic acids is 2. The standard InChI is InChI=1S/C16H27N3O4/c20-15-2-1-12(9-17-15)16(21)18-10-14(13-3-6-23-11-13)19-4-7-22-8-5-19/h12-14H,1-11H2,(H,17,20)(H,18,21)/t12-,13-,14+/m0/s1. The molecule has 0 aliphatic carbocycles. The van der Waals surface area contributed by atoms with Crippen molar-refractivity contribution in [3.05, 3.63) is 0 Å². The minimum absolute atomic E-state index is 0.0448. The van der Waals surface area contributed by atoms with Gasteiger partial charge in [0.15, 0.2) is 0 Å². The van der Waals surface area contributed by atoms with Crippen LogP contribution in [-0.2, 0) is 19.1 Å². The highest BCUT2D eigenvalue weighted by atomic mass is 16.5. The molecule has 0 aromatic heterocycles. The summed E-state index contributed by atoms with van der Waals surface area (Å²) in [5, 5.41) is 5.89. The van der Waals surface area contributed by atoms with Crippen LogP contribution in [0.5, 0.6) is 0 Å². The van der Waals surface area contributed by atoms with E-state index in [9.17, 15) is 9.59 Å². The molecule has 3 fully saturated rings. The maximum atomic E-state index is 12.4. The minimum atomic E-state index is -0.0992. The fourth-order valence-corrected chi connectivity index (χ4v) is 3.67. The molecular weight excluding hydrogens is 298 g/mol. The van der Waals surface area contributed by atoms with Crippen LogP contribution in [0.2, 0.25) is 0 Å². The van der Waals surface area contributed by atoms with Crippen LogP contribution in [0.15, 0.2) is 0 Å². The van der Waals surface area contributed by atoms with Gasteiger partial charge in [0.1, 0.15) is 0 Å². The number of carbonyl (C=O) groups is 2. The molecule has 0 radical (unpaired) electrons. The Bertz CT molecular complexity index is 410. The van der Waals surface area contributed by atoms with Gasteiger partial charge in [0.25, 0.3) is 0 Å². The summed E-state index contributed by atoms with van der Waals surface area (Å²) in [4.78, 5) is 26.0. The molecule has 0 saturated carbocycles. The first kappa shape index (κ1) is 16.7. The van der Waals surface area contributed by atoms with Gasteiger partial charge in [-0.25, -0.2) is 0 Å². The zero-order chi connectivity index (χ0) is 16.1. The van der Waals surface area contributed by atoms with Crippen molar-refractivity contribution in [1.29, 1.82) is 0 Å². The normalized spacial score (nSPS) is 30.7. The Morgan fingerprint density at radius 2 is 2.09 bits per heavy atom. The summed E-state index contributed by atoms with van der Waals surface area (Å²) in [6.07, 6.45) is 2.14. The average Bonchev–Trinajstić information content (AvgIpc) is 3.11. The lowest BCUT2D eigenvalue weighted by Gasteiger charge is -2.37. The second kappa shape index (κ2) is 8.08. The van der Waals surface area contributed by atoms with Gasteiger partial charge in [-0.2, -0.15) is 0 Å². The number of piperidine rings is 1. The molecule has 3 aliphatic rings. The predicted octanol–water partition coefficient (Wildman–Crippen LogP) is -0.634. The highest BCUT2D eigenvalue weighted by molar-refractivity contribution is 5.83. The van der Waals surface area contributed by atoms with Gasteiger partial charge >= 0.3 is 0 Å². The van der Waals surface area contributed by atoms with E-state index >= 15 is 0 Å². The van der Waals surface area contributed by atoms with E-state index in [0.29, 0.717) is 37.9 Å². The van der Waals surface area contributed by atoms with Crippen LogP contribution in [-0.4, -0.2) is 75.4 Å².